The Morgan fingerprint density at radius 3 is 2.71 bits per heavy atom. The van der Waals surface area contributed by atoms with Crippen molar-refractivity contribution < 1.29 is 19.2 Å². The smallest absolute Gasteiger partial charge is 0.406 e. The summed E-state index contributed by atoms with van der Waals surface area (Å²) in [7, 11) is 0. The summed E-state index contributed by atoms with van der Waals surface area (Å²) in [4.78, 5) is 26.2. The predicted molar refractivity (Wildman–Crippen MR) is 87.2 cm³/mol. The van der Waals surface area contributed by atoms with Crippen molar-refractivity contribution in [3.63, 3.8) is 0 Å². The number of hydrogen-bond donors (Lipinski definition) is 1. The molecule has 0 aliphatic heterocycles. The fourth-order valence-corrected chi connectivity index (χ4v) is 1.94. The van der Waals surface area contributed by atoms with Gasteiger partial charge in [0.15, 0.2) is 6.10 Å². The Bertz CT molecular complexity index is 735. The van der Waals surface area contributed by atoms with Crippen LogP contribution in [0.3, 0.4) is 0 Å². The zero-order valence-electron chi connectivity index (χ0n) is 13.3. The van der Waals surface area contributed by atoms with Gasteiger partial charge in [0.25, 0.3) is 5.91 Å². The lowest BCUT2D eigenvalue weighted by atomic mass is 10.2. The van der Waals surface area contributed by atoms with Gasteiger partial charge in [0.2, 0.25) is 5.75 Å². The average Bonchev–Trinajstić information content (AvgIpc) is 2.57. The molecule has 24 heavy (non-hydrogen) atoms. The Balaban J connectivity index is 2.10. The van der Waals surface area contributed by atoms with Crippen molar-refractivity contribution in [2.24, 2.45) is 0 Å². The van der Waals surface area contributed by atoms with Gasteiger partial charge in [0.1, 0.15) is 11.9 Å². The molecule has 1 atom stereocenters. The molecule has 0 fully saturated rings. The molecule has 1 heterocycles. The van der Waals surface area contributed by atoms with Crippen LogP contribution >= 0.6 is 0 Å². The molecule has 2 rings (SSSR count). The van der Waals surface area contributed by atoms with Crippen LogP contribution < -0.4 is 14.8 Å². The van der Waals surface area contributed by atoms with E-state index in [9.17, 15) is 14.9 Å². The monoisotopic (exact) mass is 331 g/mol. The van der Waals surface area contributed by atoms with E-state index in [0.29, 0.717) is 18.0 Å². The van der Waals surface area contributed by atoms with Gasteiger partial charge < -0.3 is 24.9 Å². The van der Waals surface area contributed by atoms with Gasteiger partial charge in [-0.25, -0.2) is 0 Å². The zero-order valence-corrected chi connectivity index (χ0v) is 13.3. The van der Waals surface area contributed by atoms with E-state index < -0.39 is 22.8 Å². The van der Waals surface area contributed by atoms with E-state index in [2.05, 4.69) is 10.3 Å². The summed E-state index contributed by atoms with van der Waals surface area (Å²) >= 11 is 0. The maximum Gasteiger partial charge on any atom is 0.406 e. The molecule has 1 aromatic heterocycles. The molecule has 1 amide bonds. The van der Waals surface area contributed by atoms with Crippen molar-refractivity contribution >= 4 is 17.4 Å². The number of anilines is 1. The van der Waals surface area contributed by atoms with Gasteiger partial charge in [-0.1, -0.05) is 12.1 Å². The first-order chi connectivity index (χ1) is 11.5. The van der Waals surface area contributed by atoms with Crippen molar-refractivity contribution in [1.29, 1.82) is 0 Å². The SMILES string of the molecule is CCOc1ccccc1NC(=O)C(C)Oc1cccnc1[N+](=O)[O-]. The second-order valence-electron chi connectivity index (χ2n) is 4.76. The Morgan fingerprint density at radius 2 is 2.00 bits per heavy atom. The summed E-state index contributed by atoms with van der Waals surface area (Å²) in [6.45, 7) is 3.79. The first kappa shape index (κ1) is 17.2. The van der Waals surface area contributed by atoms with E-state index >= 15 is 0 Å². The second kappa shape index (κ2) is 7.91. The third-order valence-corrected chi connectivity index (χ3v) is 3.04. The number of nitro groups is 1. The normalized spacial score (nSPS) is 11.4. The lowest BCUT2D eigenvalue weighted by Gasteiger charge is -2.16. The van der Waals surface area contributed by atoms with Crippen molar-refractivity contribution in [2.45, 2.75) is 20.0 Å². The number of pyridine rings is 1. The van der Waals surface area contributed by atoms with E-state index in [1.807, 2.05) is 6.92 Å². The quantitative estimate of drug-likeness (QED) is 0.618. The maximum absolute atomic E-state index is 12.3. The molecule has 0 bridgehead atoms. The van der Waals surface area contributed by atoms with Gasteiger partial charge in [0, 0.05) is 0 Å². The molecule has 126 valence electrons. The van der Waals surface area contributed by atoms with Crippen molar-refractivity contribution in [3.05, 3.63) is 52.7 Å². The lowest BCUT2D eigenvalue weighted by molar-refractivity contribution is -0.390. The van der Waals surface area contributed by atoms with Crippen LogP contribution in [0.5, 0.6) is 11.5 Å². The minimum absolute atomic E-state index is 0.0664. The predicted octanol–water partition coefficient (Wildman–Crippen LogP) is 2.79. The van der Waals surface area contributed by atoms with Crippen LogP contribution in [0.15, 0.2) is 42.6 Å². The highest BCUT2D eigenvalue weighted by molar-refractivity contribution is 5.95. The van der Waals surface area contributed by atoms with Crippen molar-refractivity contribution in [2.75, 3.05) is 11.9 Å². The largest absolute Gasteiger partial charge is 0.492 e. The second-order valence-corrected chi connectivity index (χ2v) is 4.76. The average molecular weight is 331 g/mol. The molecule has 8 nitrogen and oxygen atoms in total. The number of para-hydroxylation sites is 2. The van der Waals surface area contributed by atoms with Crippen LogP contribution in [0, 0.1) is 10.1 Å². The number of ether oxygens (including phenoxy) is 2. The Hall–Kier alpha value is -3.16. The number of carbonyl (C=O) groups is 1. The Labute approximate surface area is 138 Å². The Morgan fingerprint density at radius 1 is 1.29 bits per heavy atom. The molecule has 2 aromatic rings. The van der Waals surface area contributed by atoms with Crippen LogP contribution in [0.2, 0.25) is 0 Å². The number of rotatable bonds is 7. The van der Waals surface area contributed by atoms with Crippen LogP contribution in [0.4, 0.5) is 11.5 Å². The summed E-state index contributed by atoms with van der Waals surface area (Å²) in [5.74, 6) is -0.427. The fraction of sp³-hybridized carbons (Fsp3) is 0.250. The molecule has 0 saturated carbocycles. The highest BCUT2D eigenvalue weighted by Gasteiger charge is 2.22. The number of nitrogens with one attached hydrogen (secondary N) is 1. The third-order valence-electron chi connectivity index (χ3n) is 3.04. The van der Waals surface area contributed by atoms with Crippen LogP contribution in [-0.4, -0.2) is 28.5 Å². The van der Waals surface area contributed by atoms with Gasteiger partial charge in [-0.15, -0.1) is 0 Å². The number of nitrogens with zero attached hydrogens (tertiary/aromatic N) is 2. The van der Waals surface area contributed by atoms with E-state index in [0.717, 1.165) is 0 Å². The summed E-state index contributed by atoms with van der Waals surface area (Å²) in [5, 5.41) is 13.6. The molecular weight excluding hydrogens is 314 g/mol. The molecule has 1 aromatic carbocycles. The van der Waals surface area contributed by atoms with Gasteiger partial charge >= 0.3 is 5.82 Å². The van der Waals surface area contributed by atoms with Crippen LogP contribution in [-0.2, 0) is 4.79 Å². The molecule has 0 aliphatic rings. The molecular formula is C16H17N3O5. The van der Waals surface area contributed by atoms with E-state index in [1.165, 1.54) is 25.3 Å². The third kappa shape index (κ3) is 4.19. The summed E-state index contributed by atoms with van der Waals surface area (Å²) in [5.41, 5.74) is 0.500. The molecule has 0 spiro atoms. The van der Waals surface area contributed by atoms with E-state index in [4.69, 9.17) is 9.47 Å². The number of carbonyl (C=O) groups excluding carboxylic acids is 1. The first-order valence-corrected chi connectivity index (χ1v) is 7.31. The van der Waals surface area contributed by atoms with E-state index in [-0.39, 0.29) is 5.75 Å². The first-order valence-electron chi connectivity index (χ1n) is 7.31. The minimum Gasteiger partial charge on any atom is -0.492 e. The molecule has 0 saturated heterocycles. The summed E-state index contributed by atoms with van der Waals surface area (Å²) in [6, 6.07) is 9.87. The number of aromatic nitrogens is 1. The number of benzene rings is 1. The van der Waals surface area contributed by atoms with E-state index in [1.54, 1.807) is 24.3 Å². The molecule has 8 heteroatoms. The topological polar surface area (TPSA) is 104 Å². The molecule has 0 radical (unpaired) electrons. The minimum atomic E-state index is -0.956. The molecule has 1 unspecified atom stereocenters. The van der Waals surface area contributed by atoms with Crippen LogP contribution in [0.25, 0.3) is 0 Å². The lowest BCUT2D eigenvalue weighted by Crippen LogP contribution is -2.30. The van der Waals surface area contributed by atoms with Crippen molar-refractivity contribution in [1.82, 2.24) is 4.98 Å². The highest BCUT2D eigenvalue weighted by atomic mass is 16.6. The van der Waals surface area contributed by atoms with Gasteiger partial charge in [-0.2, -0.15) is 0 Å². The fourth-order valence-electron chi connectivity index (χ4n) is 1.94. The number of hydrogen-bond acceptors (Lipinski definition) is 6. The van der Waals surface area contributed by atoms with Gasteiger partial charge in [-0.3, -0.25) is 4.79 Å². The number of amides is 1. The van der Waals surface area contributed by atoms with Crippen LogP contribution in [0.1, 0.15) is 13.8 Å². The van der Waals surface area contributed by atoms with Gasteiger partial charge in [-0.05, 0) is 48.0 Å². The summed E-state index contributed by atoms with van der Waals surface area (Å²) < 4.78 is 10.8. The van der Waals surface area contributed by atoms with Gasteiger partial charge in [0.05, 0.1) is 12.3 Å². The van der Waals surface area contributed by atoms with Crippen molar-refractivity contribution in [3.8, 4) is 11.5 Å². The Kier molecular flexibility index (Phi) is 5.67. The highest BCUT2D eigenvalue weighted by Crippen LogP contribution is 2.26. The molecule has 0 aliphatic carbocycles. The molecule has 1 N–H and O–H groups in total. The standard InChI is InChI=1S/C16H17N3O5/c1-3-23-13-8-5-4-7-12(13)18-16(20)11(2)24-14-9-6-10-17-15(14)19(21)22/h4-11H,3H2,1-2H3,(H,18,20). The summed E-state index contributed by atoms with van der Waals surface area (Å²) in [6.07, 6.45) is 0.330. The zero-order chi connectivity index (χ0) is 17.5. The maximum atomic E-state index is 12.3.